The third kappa shape index (κ3) is 2.83. The number of hydrogen-bond donors (Lipinski definition) is 0. The smallest absolute Gasteiger partial charge is 0.332 e. The SMILES string of the molecule is CCSc1ccccc1N1C(=O)c2ccccc2/C1=C\C(=O)OC. The fourth-order valence-corrected chi connectivity index (χ4v) is 3.51. The Labute approximate surface area is 145 Å². The first-order valence-electron chi connectivity index (χ1n) is 7.62. The van der Waals surface area contributed by atoms with Crippen molar-refractivity contribution in [1.82, 2.24) is 0 Å². The van der Waals surface area contributed by atoms with Crippen LogP contribution in [0.15, 0.2) is 59.5 Å². The fourth-order valence-electron chi connectivity index (χ4n) is 2.71. The summed E-state index contributed by atoms with van der Waals surface area (Å²) in [7, 11) is 1.33. The molecule has 1 heterocycles. The molecule has 1 amide bonds. The van der Waals surface area contributed by atoms with Gasteiger partial charge in [0.15, 0.2) is 0 Å². The Bertz CT molecular complexity index is 829. The van der Waals surface area contributed by atoms with Crippen LogP contribution in [0, 0.1) is 0 Å². The van der Waals surface area contributed by atoms with E-state index in [1.54, 1.807) is 22.7 Å². The number of fused-ring (bicyclic) bond motifs is 1. The number of anilines is 1. The van der Waals surface area contributed by atoms with Crippen LogP contribution in [-0.4, -0.2) is 24.7 Å². The van der Waals surface area contributed by atoms with E-state index in [1.165, 1.54) is 13.2 Å². The zero-order valence-electron chi connectivity index (χ0n) is 13.5. The quantitative estimate of drug-likeness (QED) is 0.480. The molecule has 2 aromatic carbocycles. The first kappa shape index (κ1) is 16.3. The Morgan fingerprint density at radius 1 is 1.12 bits per heavy atom. The highest BCUT2D eigenvalue weighted by molar-refractivity contribution is 7.99. The van der Waals surface area contributed by atoms with E-state index >= 15 is 0 Å². The molecule has 5 heteroatoms. The van der Waals surface area contributed by atoms with Gasteiger partial charge < -0.3 is 4.74 Å². The molecular formula is C19H17NO3S. The molecule has 0 aliphatic carbocycles. The minimum atomic E-state index is -0.486. The lowest BCUT2D eigenvalue weighted by Gasteiger charge is -2.21. The summed E-state index contributed by atoms with van der Waals surface area (Å²) in [5.41, 5.74) is 2.65. The molecular weight excluding hydrogens is 322 g/mol. The molecule has 0 fully saturated rings. The van der Waals surface area contributed by atoms with Gasteiger partial charge in [0.25, 0.3) is 5.91 Å². The van der Waals surface area contributed by atoms with Crippen molar-refractivity contribution in [2.24, 2.45) is 0 Å². The first-order valence-corrected chi connectivity index (χ1v) is 8.61. The predicted molar refractivity (Wildman–Crippen MR) is 96.1 cm³/mol. The minimum absolute atomic E-state index is 0.134. The number of carbonyl (C=O) groups is 2. The summed E-state index contributed by atoms with van der Waals surface area (Å²) in [5.74, 6) is 0.271. The Kier molecular flexibility index (Phi) is 4.71. The molecule has 0 saturated heterocycles. The van der Waals surface area contributed by atoms with Crippen LogP contribution in [0.4, 0.5) is 5.69 Å². The third-order valence-corrected chi connectivity index (χ3v) is 4.68. The average Bonchev–Trinajstić information content (AvgIpc) is 2.88. The van der Waals surface area contributed by atoms with E-state index in [-0.39, 0.29) is 5.91 Å². The van der Waals surface area contributed by atoms with E-state index in [0.717, 1.165) is 21.9 Å². The standard InChI is InChI=1S/C19H17NO3S/c1-3-24-17-11-7-6-10-15(17)20-16(12-18(21)23-2)13-8-4-5-9-14(13)19(20)22/h4-12H,3H2,1-2H3/b16-12+. The summed E-state index contributed by atoms with van der Waals surface area (Å²) in [6, 6.07) is 15.0. The van der Waals surface area contributed by atoms with Gasteiger partial charge in [-0.2, -0.15) is 0 Å². The fraction of sp³-hybridized carbons (Fsp3) is 0.158. The highest BCUT2D eigenvalue weighted by Gasteiger charge is 2.34. The van der Waals surface area contributed by atoms with Crippen LogP contribution < -0.4 is 4.90 Å². The predicted octanol–water partition coefficient (Wildman–Crippen LogP) is 3.97. The van der Waals surface area contributed by atoms with E-state index in [2.05, 4.69) is 6.92 Å². The topological polar surface area (TPSA) is 46.6 Å². The van der Waals surface area contributed by atoms with Gasteiger partial charge in [-0.3, -0.25) is 9.69 Å². The van der Waals surface area contributed by atoms with Gasteiger partial charge in [0, 0.05) is 22.1 Å². The van der Waals surface area contributed by atoms with Crippen molar-refractivity contribution >= 4 is 35.0 Å². The van der Waals surface area contributed by atoms with E-state index in [4.69, 9.17) is 4.74 Å². The molecule has 4 nitrogen and oxygen atoms in total. The van der Waals surface area contributed by atoms with Crippen molar-refractivity contribution in [3.8, 4) is 0 Å². The summed E-state index contributed by atoms with van der Waals surface area (Å²) in [6.07, 6.45) is 1.37. The van der Waals surface area contributed by atoms with Gasteiger partial charge in [0.05, 0.1) is 18.5 Å². The zero-order valence-corrected chi connectivity index (χ0v) is 14.3. The van der Waals surface area contributed by atoms with Crippen LogP contribution in [0.1, 0.15) is 22.8 Å². The molecule has 0 unspecified atom stereocenters. The Morgan fingerprint density at radius 3 is 2.50 bits per heavy atom. The molecule has 0 bridgehead atoms. The number of nitrogens with zero attached hydrogens (tertiary/aromatic N) is 1. The van der Waals surface area contributed by atoms with Gasteiger partial charge >= 0.3 is 5.97 Å². The molecule has 0 aromatic heterocycles. The molecule has 1 aliphatic rings. The summed E-state index contributed by atoms with van der Waals surface area (Å²) < 4.78 is 4.77. The van der Waals surface area contributed by atoms with Gasteiger partial charge in [-0.15, -0.1) is 11.8 Å². The molecule has 122 valence electrons. The van der Waals surface area contributed by atoms with Crippen LogP contribution in [0.2, 0.25) is 0 Å². The molecule has 0 N–H and O–H groups in total. The van der Waals surface area contributed by atoms with Crippen molar-refractivity contribution in [3.05, 3.63) is 65.7 Å². The number of benzene rings is 2. The van der Waals surface area contributed by atoms with E-state index in [1.807, 2.05) is 42.5 Å². The normalized spacial score (nSPS) is 14.8. The number of hydrogen-bond acceptors (Lipinski definition) is 4. The second-order valence-corrected chi connectivity index (χ2v) is 6.45. The summed E-state index contributed by atoms with van der Waals surface area (Å²) in [6.45, 7) is 2.06. The lowest BCUT2D eigenvalue weighted by atomic mass is 10.1. The maximum Gasteiger partial charge on any atom is 0.332 e. The van der Waals surface area contributed by atoms with Gasteiger partial charge in [-0.1, -0.05) is 37.3 Å². The minimum Gasteiger partial charge on any atom is -0.466 e. The number of carbonyl (C=O) groups excluding carboxylic acids is 2. The lowest BCUT2D eigenvalue weighted by Crippen LogP contribution is -2.23. The lowest BCUT2D eigenvalue weighted by molar-refractivity contribution is -0.134. The van der Waals surface area contributed by atoms with Crippen LogP contribution in [0.5, 0.6) is 0 Å². The zero-order chi connectivity index (χ0) is 17.1. The van der Waals surface area contributed by atoms with Crippen molar-refractivity contribution in [3.63, 3.8) is 0 Å². The Morgan fingerprint density at radius 2 is 1.79 bits per heavy atom. The van der Waals surface area contributed by atoms with E-state index < -0.39 is 5.97 Å². The number of para-hydroxylation sites is 1. The molecule has 0 saturated carbocycles. The molecule has 3 rings (SSSR count). The number of amides is 1. The van der Waals surface area contributed by atoms with Crippen molar-refractivity contribution in [1.29, 1.82) is 0 Å². The van der Waals surface area contributed by atoms with E-state index in [0.29, 0.717) is 11.3 Å². The average molecular weight is 339 g/mol. The van der Waals surface area contributed by atoms with Gasteiger partial charge in [0.2, 0.25) is 0 Å². The number of rotatable bonds is 4. The van der Waals surface area contributed by atoms with Crippen LogP contribution in [0.25, 0.3) is 5.70 Å². The highest BCUT2D eigenvalue weighted by atomic mass is 32.2. The van der Waals surface area contributed by atoms with Gasteiger partial charge in [-0.05, 0) is 24.0 Å². The molecule has 0 radical (unpaired) electrons. The van der Waals surface area contributed by atoms with Gasteiger partial charge in [-0.25, -0.2) is 4.79 Å². The molecule has 2 aromatic rings. The molecule has 24 heavy (non-hydrogen) atoms. The second-order valence-electron chi connectivity index (χ2n) is 5.14. The van der Waals surface area contributed by atoms with Crippen molar-refractivity contribution < 1.29 is 14.3 Å². The second kappa shape index (κ2) is 6.93. The van der Waals surface area contributed by atoms with Crippen molar-refractivity contribution in [2.45, 2.75) is 11.8 Å². The Hall–Kier alpha value is -2.53. The van der Waals surface area contributed by atoms with Crippen LogP contribution in [0.3, 0.4) is 0 Å². The molecule has 0 atom stereocenters. The maximum atomic E-state index is 13.0. The third-order valence-electron chi connectivity index (χ3n) is 3.74. The monoisotopic (exact) mass is 339 g/mol. The first-order chi connectivity index (χ1) is 11.7. The molecule has 1 aliphatic heterocycles. The van der Waals surface area contributed by atoms with Gasteiger partial charge in [0.1, 0.15) is 0 Å². The highest BCUT2D eigenvalue weighted by Crippen LogP contribution is 2.40. The number of ether oxygens (including phenoxy) is 1. The summed E-state index contributed by atoms with van der Waals surface area (Å²) >= 11 is 1.66. The number of esters is 1. The van der Waals surface area contributed by atoms with Crippen LogP contribution in [-0.2, 0) is 9.53 Å². The van der Waals surface area contributed by atoms with E-state index in [9.17, 15) is 9.59 Å². The number of thioether (sulfide) groups is 1. The van der Waals surface area contributed by atoms with Crippen molar-refractivity contribution in [2.75, 3.05) is 17.8 Å². The largest absolute Gasteiger partial charge is 0.466 e. The summed E-state index contributed by atoms with van der Waals surface area (Å²) in [4.78, 5) is 27.4. The molecule has 0 spiro atoms. The number of methoxy groups -OCH3 is 1. The van der Waals surface area contributed by atoms with Crippen LogP contribution >= 0.6 is 11.8 Å². The maximum absolute atomic E-state index is 13.0. The summed E-state index contributed by atoms with van der Waals surface area (Å²) in [5, 5.41) is 0. The Balaban J connectivity index is 2.18.